The molecule has 2 saturated heterocycles. The number of esters is 1. The van der Waals surface area contributed by atoms with Crippen molar-refractivity contribution in [2.24, 2.45) is 5.92 Å². The zero-order chi connectivity index (χ0) is 23.3. The van der Waals surface area contributed by atoms with Gasteiger partial charge in [-0.2, -0.15) is 8.42 Å². The van der Waals surface area contributed by atoms with Crippen LogP contribution in [0.2, 0.25) is 0 Å². The number of rotatable bonds is 6. The molecule has 0 aliphatic carbocycles. The smallest absolute Gasteiger partial charge is 0.309 e. The molecule has 2 aliphatic heterocycles. The molecule has 2 fully saturated rings. The van der Waals surface area contributed by atoms with E-state index >= 15 is 0 Å². The maximum Gasteiger partial charge on any atom is 0.309 e. The molecular weight excluding hydrogens is 450 g/mol. The monoisotopic (exact) mass is 481 g/mol. The number of aliphatic hydroxyl groups is 1. The number of methoxy groups -OCH3 is 1. The van der Waals surface area contributed by atoms with Gasteiger partial charge in [-0.3, -0.25) is 14.2 Å². The Morgan fingerprint density at radius 3 is 2.50 bits per heavy atom. The maximum absolute atomic E-state index is 12.2. The van der Waals surface area contributed by atoms with Crippen molar-refractivity contribution in [1.29, 1.82) is 0 Å². The van der Waals surface area contributed by atoms with Crippen LogP contribution in [0.25, 0.3) is 0 Å². The van der Waals surface area contributed by atoms with Gasteiger partial charge < -0.3 is 9.84 Å². The van der Waals surface area contributed by atoms with E-state index in [2.05, 4.69) is 22.4 Å². The average Bonchev–Trinajstić information content (AvgIpc) is 3.39. The number of nitrogens with zero attached hydrogens (tertiary/aromatic N) is 1. The van der Waals surface area contributed by atoms with Gasteiger partial charge in [0.05, 0.1) is 17.9 Å². The Hall–Kier alpha value is -1.78. The number of aryl methyl sites for hydroxylation is 1. The molecule has 4 atom stereocenters. The largest absolute Gasteiger partial charge is 0.469 e. The highest BCUT2D eigenvalue weighted by molar-refractivity contribution is 7.85. The average molecular weight is 482 g/mol. The van der Waals surface area contributed by atoms with Crippen molar-refractivity contribution in [3.63, 3.8) is 0 Å². The van der Waals surface area contributed by atoms with Gasteiger partial charge in [0.1, 0.15) is 0 Å². The molecule has 32 heavy (non-hydrogen) atoms. The first-order valence-electron chi connectivity index (χ1n) is 10.8. The summed E-state index contributed by atoms with van der Waals surface area (Å²) in [6.45, 7) is 3.01. The van der Waals surface area contributed by atoms with Gasteiger partial charge >= 0.3 is 5.97 Å². The number of hydrogen-bond acceptors (Lipinski definition) is 7. The Kier molecular flexibility index (Phi) is 8.46. The predicted octanol–water partition coefficient (Wildman–Crippen LogP) is 3.48. The number of ether oxygens (including phenoxy) is 1. The first-order valence-corrected chi connectivity index (χ1v) is 13.1. The van der Waals surface area contributed by atoms with Crippen molar-refractivity contribution in [3.05, 3.63) is 52.2 Å². The Bertz CT molecular complexity index is 974. The second-order valence-corrected chi connectivity index (χ2v) is 10.7. The lowest BCUT2D eigenvalue weighted by molar-refractivity contribution is -0.149. The van der Waals surface area contributed by atoms with Gasteiger partial charge in [0.15, 0.2) is 0 Å². The van der Waals surface area contributed by atoms with Gasteiger partial charge in [0, 0.05) is 36.0 Å². The number of thiophene rings is 1. The van der Waals surface area contributed by atoms with Crippen LogP contribution in [0.4, 0.5) is 0 Å². The number of aliphatic hydroxyl groups excluding tert-OH is 1. The number of carbonyl (C=O) groups is 1. The molecule has 2 aliphatic rings. The molecule has 0 unspecified atom stereocenters. The summed E-state index contributed by atoms with van der Waals surface area (Å²) in [5.74, 6) is 0.165. The maximum atomic E-state index is 12.2. The number of hydrogen-bond donors (Lipinski definition) is 2. The SMILES string of the molecule is COC(=O)[C@H]1C[C@H]2CC[C@H]([C@H]1c1cccs1)N2CCCO.Cc1ccc(S(=O)(=O)O)cc1. The summed E-state index contributed by atoms with van der Waals surface area (Å²) >= 11 is 1.74. The van der Waals surface area contributed by atoms with E-state index in [1.807, 2.05) is 6.92 Å². The molecule has 0 spiro atoms. The third-order valence-corrected chi connectivity index (χ3v) is 8.18. The normalized spacial score (nSPS) is 25.1. The van der Waals surface area contributed by atoms with Crippen LogP contribution in [0.15, 0.2) is 46.7 Å². The molecule has 2 aromatic rings. The fraction of sp³-hybridized carbons (Fsp3) is 0.522. The van der Waals surface area contributed by atoms with Gasteiger partial charge in [-0.1, -0.05) is 23.8 Å². The molecule has 0 radical (unpaired) electrons. The van der Waals surface area contributed by atoms with Crippen LogP contribution in [-0.4, -0.2) is 61.3 Å². The highest BCUT2D eigenvalue weighted by Crippen LogP contribution is 2.48. The second-order valence-electron chi connectivity index (χ2n) is 8.31. The van der Waals surface area contributed by atoms with Crippen molar-refractivity contribution in [1.82, 2.24) is 4.90 Å². The lowest BCUT2D eigenvalue weighted by Crippen LogP contribution is -2.50. The van der Waals surface area contributed by atoms with E-state index in [9.17, 15) is 13.2 Å². The van der Waals surface area contributed by atoms with E-state index in [0.29, 0.717) is 12.1 Å². The molecule has 7 nitrogen and oxygen atoms in total. The van der Waals surface area contributed by atoms with Gasteiger partial charge in [-0.15, -0.1) is 11.3 Å². The molecule has 1 aromatic heterocycles. The Morgan fingerprint density at radius 2 is 1.94 bits per heavy atom. The van der Waals surface area contributed by atoms with E-state index in [0.717, 1.165) is 37.8 Å². The number of fused-ring (bicyclic) bond motifs is 2. The van der Waals surface area contributed by atoms with Crippen LogP contribution >= 0.6 is 11.3 Å². The third-order valence-electron chi connectivity index (χ3n) is 6.33. The molecule has 2 N–H and O–H groups in total. The highest BCUT2D eigenvalue weighted by Gasteiger charge is 2.50. The molecule has 176 valence electrons. The van der Waals surface area contributed by atoms with Crippen molar-refractivity contribution in [3.8, 4) is 0 Å². The zero-order valence-corrected chi connectivity index (χ0v) is 20.0. The van der Waals surface area contributed by atoms with E-state index in [1.54, 1.807) is 23.5 Å². The third kappa shape index (κ3) is 5.77. The standard InChI is InChI=1S/C16H23NO3S.C7H8O3S/c1-20-16(19)12-10-11-5-6-13(17(11)7-3-8-18)15(12)14-4-2-9-21-14;1-6-2-4-7(5-3-6)11(8,9)10/h2,4,9,11-13,15,18H,3,5-8,10H2,1H3;2-5H,1H3,(H,8,9,10)/t11-,12+,13-,15+;/m1./s1. The number of benzene rings is 1. The quantitative estimate of drug-likeness (QED) is 0.481. The molecule has 0 saturated carbocycles. The van der Waals surface area contributed by atoms with Gasteiger partial charge in [0.25, 0.3) is 10.1 Å². The number of piperidine rings is 1. The van der Waals surface area contributed by atoms with Gasteiger partial charge in [-0.05, 0) is 56.2 Å². The molecule has 3 heterocycles. The van der Waals surface area contributed by atoms with Crippen molar-refractivity contribution in [2.45, 2.75) is 55.5 Å². The molecule has 0 amide bonds. The summed E-state index contributed by atoms with van der Waals surface area (Å²) in [5.41, 5.74) is 0.956. The van der Waals surface area contributed by atoms with Crippen molar-refractivity contribution >= 4 is 27.4 Å². The number of carbonyl (C=O) groups excluding carboxylic acids is 1. The van der Waals surface area contributed by atoms with Crippen LogP contribution < -0.4 is 0 Å². The van der Waals surface area contributed by atoms with Crippen molar-refractivity contribution in [2.75, 3.05) is 20.3 Å². The van der Waals surface area contributed by atoms with E-state index in [1.165, 1.54) is 24.1 Å². The van der Waals surface area contributed by atoms with Crippen LogP contribution in [0, 0.1) is 12.8 Å². The summed E-state index contributed by atoms with van der Waals surface area (Å²) in [4.78, 5) is 16.0. The molecule has 2 bridgehead atoms. The summed E-state index contributed by atoms with van der Waals surface area (Å²) in [6.07, 6.45) is 4.00. The minimum atomic E-state index is -4.02. The molecule has 1 aromatic carbocycles. The lowest BCUT2D eigenvalue weighted by atomic mass is 9.79. The minimum absolute atomic E-state index is 0.0171. The zero-order valence-electron chi connectivity index (χ0n) is 18.4. The van der Waals surface area contributed by atoms with E-state index in [-0.39, 0.29) is 29.3 Å². The minimum Gasteiger partial charge on any atom is -0.469 e. The van der Waals surface area contributed by atoms with Gasteiger partial charge in [0.2, 0.25) is 0 Å². The summed E-state index contributed by atoms with van der Waals surface area (Å²) in [7, 11) is -2.53. The van der Waals surface area contributed by atoms with Crippen LogP contribution in [0.3, 0.4) is 0 Å². The van der Waals surface area contributed by atoms with Crippen LogP contribution in [-0.2, 0) is 19.6 Å². The summed E-state index contributed by atoms with van der Waals surface area (Å²) in [5, 5.41) is 11.2. The topological polar surface area (TPSA) is 104 Å². The Labute approximate surface area is 193 Å². The molecule has 9 heteroatoms. The molecule has 4 rings (SSSR count). The fourth-order valence-electron chi connectivity index (χ4n) is 4.89. The first-order chi connectivity index (χ1) is 15.3. The van der Waals surface area contributed by atoms with Crippen molar-refractivity contribution < 1.29 is 27.6 Å². The van der Waals surface area contributed by atoms with E-state index < -0.39 is 10.1 Å². The van der Waals surface area contributed by atoms with Crippen LogP contribution in [0.1, 0.15) is 42.0 Å². The summed E-state index contributed by atoms with van der Waals surface area (Å²) in [6, 6.07) is 11.1. The summed E-state index contributed by atoms with van der Waals surface area (Å²) < 4.78 is 34.6. The first kappa shape index (κ1) is 24.9. The fourth-order valence-corrected chi connectivity index (χ4v) is 6.32. The Morgan fingerprint density at radius 1 is 1.22 bits per heavy atom. The predicted molar refractivity (Wildman–Crippen MR) is 123 cm³/mol. The van der Waals surface area contributed by atoms with E-state index in [4.69, 9.17) is 14.4 Å². The highest BCUT2D eigenvalue weighted by atomic mass is 32.2. The lowest BCUT2D eigenvalue weighted by Gasteiger charge is -2.43. The molecular formula is C23H31NO6S2. The van der Waals surface area contributed by atoms with Crippen LogP contribution in [0.5, 0.6) is 0 Å². The van der Waals surface area contributed by atoms with Gasteiger partial charge in [-0.25, -0.2) is 0 Å². The second kappa shape index (κ2) is 10.9. The Balaban J connectivity index is 0.000000222.